The van der Waals surface area contributed by atoms with Gasteiger partial charge in [0.15, 0.2) is 6.61 Å². The van der Waals surface area contributed by atoms with E-state index in [1.165, 1.54) is 24.3 Å². The zero-order valence-electron chi connectivity index (χ0n) is 18.9. The first-order valence-electron chi connectivity index (χ1n) is 11.2. The van der Waals surface area contributed by atoms with E-state index in [-0.39, 0.29) is 5.57 Å². The summed E-state index contributed by atoms with van der Waals surface area (Å²) in [7, 11) is 0. The molecule has 0 bridgehead atoms. The zero-order valence-corrected chi connectivity index (χ0v) is 18.9. The fourth-order valence-electron chi connectivity index (χ4n) is 3.84. The molecule has 1 aliphatic heterocycles. The number of carbonyl (C=O) groups excluding carboxylic acids is 2. The van der Waals surface area contributed by atoms with Crippen LogP contribution in [0.3, 0.4) is 0 Å². The summed E-state index contributed by atoms with van der Waals surface area (Å²) in [5.74, 6) is -1.72. The van der Waals surface area contributed by atoms with Gasteiger partial charge < -0.3 is 14.4 Å². The molecular formula is C28H23FN2O4. The summed E-state index contributed by atoms with van der Waals surface area (Å²) in [6, 6.07) is 24.1. The minimum Gasteiger partial charge on any atom is -0.454 e. The first-order chi connectivity index (χ1) is 17.1. The highest BCUT2D eigenvalue weighted by Crippen LogP contribution is 2.25. The third kappa shape index (κ3) is 5.81. The molecule has 1 aliphatic rings. The van der Waals surface area contributed by atoms with E-state index >= 15 is 0 Å². The highest BCUT2D eigenvalue weighted by molar-refractivity contribution is 6.07. The lowest BCUT2D eigenvalue weighted by Crippen LogP contribution is -2.36. The number of rotatable bonds is 7. The maximum absolute atomic E-state index is 13.5. The molecule has 1 fully saturated rings. The van der Waals surface area contributed by atoms with Gasteiger partial charge in [0.2, 0.25) is 5.78 Å². The fraction of sp³-hybridized carbons (Fsp3) is 0.179. The molecule has 0 aromatic heterocycles. The van der Waals surface area contributed by atoms with Crippen LogP contribution in [0.2, 0.25) is 0 Å². The monoisotopic (exact) mass is 470 g/mol. The predicted octanol–water partition coefficient (Wildman–Crippen LogP) is 4.49. The van der Waals surface area contributed by atoms with Crippen molar-refractivity contribution in [2.45, 2.75) is 0 Å². The molecule has 0 spiro atoms. The molecule has 0 atom stereocenters. The van der Waals surface area contributed by atoms with Crippen LogP contribution in [-0.4, -0.2) is 49.6 Å². The second kappa shape index (κ2) is 11.2. The second-order valence-electron chi connectivity index (χ2n) is 7.88. The van der Waals surface area contributed by atoms with E-state index in [1.807, 2.05) is 41.3 Å². The lowest BCUT2D eigenvalue weighted by Gasteiger charge is -2.32. The van der Waals surface area contributed by atoms with Crippen LogP contribution >= 0.6 is 0 Å². The van der Waals surface area contributed by atoms with Gasteiger partial charge in [-0.15, -0.1) is 0 Å². The summed E-state index contributed by atoms with van der Waals surface area (Å²) in [6.45, 7) is 1.23. The SMILES string of the molecule is N#C/C(C(=O)COC(=O)c1ccc(-c2ccccc2)cc1)=C(\c1ccc(F)cc1)N1CCOCC1. The van der Waals surface area contributed by atoms with Crippen molar-refractivity contribution in [3.05, 3.63) is 101 Å². The number of hydrogen-bond acceptors (Lipinski definition) is 6. The van der Waals surface area contributed by atoms with Crippen molar-refractivity contribution in [3.63, 3.8) is 0 Å². The smallest absolute Gasteiger partial charge is 0.338 e. The Kier molecular flexibility index (Phi) is 7.66. The van der Waals surface area contributed by atoms with Gasteiger partial charge >= 0.3 is 5.97 Å². The summed E-state index contributed by atoms with van der Waals surface area (Å²) in [5, 5.41) is 9.83. The van der Waals surface area contributed by atoms with E-state index in [9.17, 15) is 19.2 Å². The van der Waals surface area contributed by atoms with Crippen molar-refractivity contribution < 1.29 is 23.5 Å². The molecule has 1 heterocycles. The number of hydrogen-bond donors (Lipinski definition) is 0. The molecular weight excluding hydrogens is 447 g/mol. The number of esters is 1. The number of nitriles is 1. The molecule has 35 heavy (non-hydrogen) atoms. The van der Waals surface area contributed by atoms with Crippen LogP contribution in [-0.2, 0) is 14.3 Å². The van der Waals surface area contributed by atoms with Crippen molar-refractivity contribution in [2.75, 3.05) is 32.9 Å². The largest absolute Gasteiger partial charge is 0.454 e. The maximum Gasteiger partial charge on any atom is 0.338 e. The molecule has 176 valence electrons. The summed E-state index contributed by atoms with van der Waals surface area (Å²) >= 11 is 0. The third-order valence-electron chi connectivity index (χ3n) is 5.63. The molecule has 7 heteroatoms. The molecule has 0 amide bonds. The minimum atomic E-state index is -0.662. The van der Waals surface area contributed by atoms with Crippen LogP contribution < -0.4 is 0 Å². The van der Waals surface area contributed by atoms with Gasteiger partial charge in [0.1, 0.15) is 17.5 Å². The fourth-order valence-corrected chi connectivity index (χ4v) is 3.84. The van der Waals surface area contributed by atoms with Crippen LogP contribution in [0.1, 0.15) is 15.9 Å². The number of ketones is 1. The summed E-state index contributed by atoms with van der Waals surface area (Å²) in [5.41, 5.74) is 3.02. The molecule has 0 radical (unpaired) electrons. The Hall–Kier alpha value is -4.28. The molecule has 6 nitrogen and oxygen atoms in total. The van der Waals surface area contributed by atoms with Crippen LogP contribution in [0.25, 0.3) is 16.8 Å². The van der Waals surface area contributed by atoms with E-state index in [0.717, 1.165) is 11.1 Å². The van der Waals surface area contributed by atoms with Gasteiger partial charge in [0.25, 0.3) is 0 Å². The highest BCUT2D eigenvalue weighted by Gasteiger charge is 2.25. The Labute approximate surface area is 202 Å². The van der Waals surface area contributed by atoms with Crippen molar-refractivity contribution >= 4 is 17.4 Å². The lowest BCUT2D eigenvalue weighted by molar-refractivity contribution is -0.118. The van der Waals surface area contributed by atoms with E-state index in [2.05, 4.69) is 0 Å². The Bertz CT molecular complexity index is 1260. The Balaban J connectivity index is 1.51. The number of halogens is 1. The number of nitrogens with zero attached hydrogens (tertiary/aromatic N) is 2. The third-order valence-corrected chi connectivity index (χ3v) is 5.63. The number of benzene rings is 3. The van der Waals surface area contributed by atoms with Gasteiger partial charge in [-0.2, -0.15) is 5.26 Å². The summed E-state index contributed by atoms with van der Waals surface area (Å²) in [4.78, 5) is 27.4. The molecule has 4 rings (SSSR count). The second-order valence-corrected chi connectivity index (χ2v) is 7.88. The molecule has 3 aromatic rings. The van der Waals surface area contributed by atoms with Gasteiger partial charge in [-0.3, -0.25) is 4.79 Å². The molecule has 0 aliphatic carbocycles. The van der Waals surface area contributed by atoms with Gasteiger partial charge in [-0.05, 0) is 53.1 Å². The van der Waals surface area contributed by atoms with Crippen molar-refractivity contribution in [2.24, 2.45) is 0 Å². The molecule has 1 saturated heterocycles. The van der Waals surface area contributed by atoms with Gasteiger partial charge in [0.05, 0.1) is 24.5 Å². The Morgan fingerprint density at radius 3 is 2.11 bits per heavy atom. The molecule has 0 N–H and O–H groups in total. The maximum atomic E-state index is 13.5. The van der Waals surface area contributed by atoms with E-state index < -0.39 is 24.2 Å². The highest BCUT2D eigenvalue weighted by atomic mass is 19.1. The predicted molar refractivity (Wildman–Crippen MR) is 128 cm³/mol. The van der Waals surface area contributed by atoms with Crippen LogP contribution in [0.5, 0.6) is 0 Å². The van der Waals surface area contributed by atoms with E-state index in [4.69, 9.17) is 9.47 Å². The standard InChI is InChI=1S/C28H23FN2O4/c29-24-12-10-22(11-13-24)27(31-14-16-34-17-15-31)25(18-30)26(32)19-35-28(33)23-8-6-21(7-9-23)20-4-2-1-3-5-20/h1-13H,14-17,19H2/b27-25-. The van der Waals surface area contributed by atoms with E-state index in [0.29, 0.717) is 43.1 Å². The number of Topliss-reactive ketones (excluding diaryl/α,β-unsaturated/α-hetero) is 1. The molecule has 0 saturated carbocycles. The van der Waals surface area contributed by atoms with Crippen LogP contribution in [0, 0.1) is 17.1 Å². The van der Waals surface area contributed by atoms with Gasteiger partial charge in [0, 0.05) is 13.1 Å². The summed E-state index contributed by atoms with van der Waals surface area (Å²) in [6.07, 6.45) is 0. The first kappa shape index (κ1) is 23.9. The number of ether oxygens (including phenoxy) is 2. The first-order valence-corrected chi connectivity index (χ1v) is 11.2. The van der Waals surface area contributed by atoms with Crippen molar-refractivity contribution in [1.82, 2.24) is 4.90 Å². The summed E-state index contributed by atoms with van der Waals surface area (Å²) < 4.78 is 24.1. The lowest BCUT2D eigenvalue weighted by atomic mass is 10.0. The molecule has 3 aromatic carbocycles. The number of carbonyl (C=O) groups is 2. The average Bonchev–Trinajstić information content (AvgIpc) is 2.92. The van der Waals surface area contributed by atoms with Gasteiger partial charge in [-0.1, -0.05) is 42.5 Å². The molecule has 0 unspecified atom stereocenters. The topological polar surface area (TPSA) is 79.6 Å². The van der Waals surface area contributed by atoms with Crippen molar-refractivity contribution in [3.8, 4) is 17.2 Å². The number of morpholine rings is 1. The van der Waals surface area contributed by atoms with Crippen LogP contribution in [0.4, 0.5) is 4.39 Å². The van der Waals surface area contributed by atoms with Crippen molar-refractivity contribution in [1.29, 1.82) is 5.26 Å². The van der Waals surface area contributed by atoms with Gasteiger partial charge in [-0.25, -0.2) is 9.18 Å². The quantitative estimate of drug-likeness (QED) is 0.288. The Morgan fingerprint density at radius 2 is 1.49 bits per heavy atom. The minimum absolute atomic E-state index is 0.147. The normalized spacial score (nSPS) is 14.0. The zero-order chi connectivity index (χ0) is 24.6. The van der Waals surface area contributed by atoms with Crippen LogP contribution in [0.15, 0.2) is 84.4 Å². The average molecular weight is 471 g/mol. The Morgan fingerprint density at radius 1 is 0.886 bits per heavy atom. The van der Waals surface area contributed by atoms with E-state index in [1.54, 1.807) is 24.3 Å².